The molecule has 4 nitrogen and oxygen atoms in total. The van der Waals surface area contributed by atoms with Crippen molar-refractivity contribution in [2.75, 3.05) is 20.1 Å². The zero-order chi connectivity index (χ0) is 16.5. The minimum absolute atomic E-state index is 0.260. The fourth-order valence-electron chi connectivity index (χ4n) is 2.86. The molecule has 0 aromatic carbocycles. The van der Waals surface area contributed by atoms with E-state index in [1.165, 1.54) is 12.8 Å². The summed E-state index contributed by atoms with van der Waals surface area (Å²) < 4.78 is 0. The maximum atomic E-state index is 11.5. The molecular weight excluding hydrogens is 262 g/mol. The van der Waals surface area contributed by atoms with Gasteiger partial charge in [-0.3, -0.25) is 4.79 Å². The third kappa shape index (κ3) is 7.28. The summed E-state index contributed by atoms with van der Waals surface area (Å²) in [7, 11) is 1.81. The summed E-state index contributed by atoms with van der Waals surface area (Å²) in [6, 6.07) is 0.680. The van der Waals surface area contributed by atoms with Crippen LogP contribution in [0.1, 0.15) is 66.7 Å². The molecule has 0 bridgehead atoms. The van der Waals surface area contributed by atoms with Gasteiger partial charge in [-0.25, -0.2) is 0 Å². The first kappa shape index (κ1) is 20.4. The number of hydrogen-bond acceptors (Lipinski definition) is 3. The van der Waals surface area contributed by atoms with E-state index in [-0.39, 0.29) is 5.91 Å². The summed E-state index contributed by atoms with van der Waals surface area (Å²) in [5.41, 5.74) is 4.90. The molecule has 4 heteroatoms. The van der Waals surface area contributed by atoms with Gasteiger partial charge < -0.3 is 16.0 Å². The second-order valence-electron chi connectivity index (χ2n) is 6.76. The molecule has 1 atom stereocenters. The van der Waals surface area contributed by atoms with Gasteiger partial charge in [0.25, 0.3) is 0 Å². The Hall–Kier alpha value is -0.610. The summed E-state index contributed by atoms with van der Waals surface area (Å²) in [4.78, 5) is 14.1. The molecule has 0 aliphatic heterocycles. The predicted octanol–water partition coefficient (Wildman–Crippen LogP) is 2.77. The Morgan fingerprint density at radius 3 is 2.19 bits per heavy atom. The molecule has 0 saturated heterocycles. The fourth-order valence-corrected chi connectivity index (χ4v) is 2.86. The van der Waals surface area contributed by atoms with Crippen molar-refractivity contribution in [1.29, 1.82) is 0 Å². The number of amides is 1. The number of primary amides is 1. The van der Waals surface area contributed by atoms with Crippen LogP contribution in [0.15, 0.2) is 0 Å². The summed E-state index contributed by atoms with van der Waals surface area (Å²) in [6.07, 6.45) is 5.36. The van der Waals surface area contributed by atoms with Crippen LogP contribution in [0.25, 0.3) is 0 Å². The van der Waals surface area contributed by atoms with Crippen LogP contribution in [0.4, 0.5) is 0 Å². The molecule has 0 heterocycles. The van der Waals surface area contributed by atoms with Gasteiger partial charge in [0, 0.05) is 12.6 Å². The minimum atomic E-state index is -0.572. The maximum absolute atomic E-state index is 11.5. The van der Waals surface area contributed by atoms with Gasteiger partial charge in [0.2, 0.25) is 5.91 Å². The first-order valence-corrected chi connectivity index (χ1v) is 8.53. The Balaban J connectivity index is 4.33. The molecule has 1 unspecified atom stereocenters. The number of carbonyl (C=O) groups is 1. The third-order valence-electron chi connectivity index (χ3n) is 4.53. The van der Waals surface area contributed by atoms with E-state index in [9.17, 15) is 4.79 Å². The zero-order valence-corrected chi connectivity index (χ0v) is 15.0. The maximum Gasteiger partial charge on any atom is 0.237 e. The molecule has 0 saturated carbocycles. The zero-order valence-electron chi connectivity index (χ0n) is 15.0. The van der Waals surface area contributed by atoms with Gasteiger partial charge in [0.1, 0.15) is 0 Å². The molecule has 21 heavy (non-hydrogen) atoms. The highest BCUT2D eigenvalue weighted by Gasteiger charge is 2.28. The Labute approximate surface area is 131 Å². The lowest BCUT2D eigenvalue weighted by atomic mass is 9.94. The normalized spacial score (nSPS) is 14.9. The number of nitrogens with zero attached hydrogens (tertiary/aromatic N) is 1. The van der Waals surface area contributed by atoms with Crippen LogP contribution in [-0.4, -0.2) is 42.5 Å². The van der Waals surface area contributed by atoms with Crippen LogP contribution in [-0.2, 0) is 4.79 Å². The van der Waals surface area contributed by atoms with Crippen LogP contribution in [0, 0.1) is 5.92 Å². The SMILES string of the molecule is CCC(CC)N(CCCCC(C)(NC)C(N)=O)CC(C)C. The van der Waals surface area contributed by atoms with Crippen LogP contribution < -0.4 is 11.1 Å². The summed E-state index contributed by atoms with van der Waals surface area (Å²) in [6.45, 7) is 13.3. The van der Waals surface area contributed by atoms with E-state index in [0.717, 1.165) is 32.4 Å². The molecule has 0 radical (unpaired) electrons. The second kappa shape index (κ2) is 10.2. The van der Waals surface area contributed by atoms with E-state index >= 15 is 0 Å². The van der Waals surface area contributed by atoms with Crippen molar-refractivity contribution < 1.29 is 4.79 Å². The highest BCUT2D eigenvalue weighted by molar-refractivity contribution is 5.84. The molecule has 0 fully saturated rings. The predicted molar refractivity (Wildman–Crippen MR) is 91.3 cm³/mol. The van der Waals surface area contributed by atoms with Crippen LogP contribution in [0.5, 0.6) is 0 Å². The molecule has 0 spiro atoms. The summed E-state index contributed by atoms with van der Waals surface area (Å²) in [5, 5.41) is 3.06. The molecule has 0 aromatic rings. The molecule has 0 rings (SSSR count). The van der Waals surface area contributed by atoms with Crippen molar-refractivity contribution in [1.82, 2.24) is 10.2 Å². The summed E-state index contributed by atoms with van der Waals surface area (Å²) >= 11 is 0. The van der Waals surface area contributed by atoms with Gasteiger partial charge in [-0.2, -0.15) is 0 Å². The number of likely N-dealkylation sites (N-methyl/N-ethyl adjacent to an activating group) is 1. The van der Waals surface area contributed by atoms with Crippen LogP contribution in [0.2, 0.25) is 0 Å². The molecule has 3 N–H and O–H groups in total. The van der Waals surface area contributed by atoms with E-state index in [2.05, 4.69) is 37.9 Å². The fraction of sp³-hybridized carbons (Fsp3) is 0.941. The number of carbonyl (C=O) groups excluding carboxylic acids is 1. The standard InChI is InChI=1S/C17H37N3O/c1-7-15(8-2)20(13-14(3)4)12-10-9-11-17(5,19-6)16(18)21/h14-15,19H,7-13H2,1-6H3,(H2,18,21). The van der Waals surface area contributed by atoms with Gasteiger partial charge >= 0.3 is 0 Å². The molecule has 0 aromatic heterocycles. The van der Waals surface area contributed by atoms with Crippen molar-refractivity contribution in [2.45, 2.75) is 78.3 Å². The van der Waals surface area contributed by atoms with Gasteiger partial charge in [0.15, 0.2) is 0 Å². The average Bonchev–Trinajstić information content (AvgIpc) is 2.43. The first-order chi connectivity index (χ1) is 9.80. The smallest absolute Gasteiger partial charge is 0.237 e. The number of hydrogen-bond donors (Lipinski definition) is 2. The largest absolute Gasteiger partial charge is 0.368 e. The van der Waals surface area contributed by atoms with E-state index in [0.29, 0.717) is 12.0 Å². The lowest BCUT2D eigenvalue weighted by Crippen LogP contribution is -2.51. The molecule has 0 aliphatic carbocycles. The van der Waals surface area contributed by atoms with Gasteiger partial charge in [-0.1, -0.05) is 27.7 Å². The summed E-state index contributed by atoms with van der Waals surface area (Å²) in [5.74, 6) is 0.433. The Morgan fingerprint density at radius 1 is 1.24 bits per heavy atom. The van der Waals surface area contributed by atoms with Crippen molar-refractivity contribution >= 4 is 5.91 Å². The Kier molecular flexibility index (Phi) is 9.88. The monoisotopic (exact) mass is 299 g/mol. The van der Waals surface area contributed by atoms with Crippen molar-refractivity contribution in [2.24, 2.45) is 11.7 Å². The highest BCUT2D eigenvalue weighted by atomic mass is 16.1. The Morgan fingerprint density at radius 2 is 1.81 bits per heavy atom. The van der Waals surface area contributed by atoms with Crippen molar-refractivity contribution in [3.63, 3.8) is 0 Å². The number of unbranched alkanes of at least 4 members (excludes halogenated alkanes) is 1. The number of nitrogens with two attached hydrogens (primary N) is 1. The van der Waals surface area contributed by atoms with Gasteiger partial charge in [-0.05, 0) is 58.5 Å². The first-order valence-electron chi connectivity index (χ1n) is 8.53. The van der Waals surface area contributed by atoms with E-state index < -0.39 is 5.54 Å². The third-order valence-corrected chi connectivity index (χ3v) is 4.53. The molecular formula is C17H37N3O. The number of nitrogens with one attached hydrogen (secondary N) is 1. The minimum Gasteiger partial charge on any atom is -0.368 e. The highest BCUT2D eigenvalue weighted by Crippen LogP contribution is 2.16. The Bertz CT molecular complexity index is 290. The lowest BCUT2D eigenvalue weighted by Gasteiger charge is -2.32. The van der Waals surface area contributed by atoms with Crippen LogP contribution in [0.3, 0.4) is 0 Å². The van der Waals surface area contributed by atoms with Gasteiger partial charge in [0.05, 0.1) is 5.54 Å². The van der Waals surface area contributed by atoms with Crippen molar-refractivity contribution in [3.05, 3.63) is 0 Å². The van der Waals surface area contributed by atoms with E-state index in [1.54, 1.807) is 7.05 Å². The molecule has 0 aliphatic rings. The van der Waals surface area contributed by atoms with Gasteiger partial charge in [-0.15, -0.1) is 0 Å². The van der Waals surface area contributed by atoms with E-state index in [4.69, 9.17) is 5.73 Å². The molecule has 126 valence electrons. The topological polar surface area (TPSA) is 58.4 Å². The average molecular weight is 300 g/mol. The van der Waals surface area contributed by atoms with Crippen LogP contribution >= 0.6 is 0 Å². The molecule has 1 amide bonds. The quantitative estimate of drug-likeness (QED) is 0.545. The lowest BCUT2D eigenvalue weighted by molar-refractivity contribution is -0.123. The second-order valence-corrected chi connectivity index (χ2v) is 6.76. The van der Waals surface area contributed by atoms with E-state index in [1.807, 2.05) is 6.92 Å². The number of rotatable bonds is 12. The van der Waals surface area contributed by atoms with Crippen molar-refractivity contribution in [3.8, 4) is 0 Å².